The molecule has 1 fully saturated rings. The first-order valence-corrected chi connectivity index (χ1v) is 11.9. The molecule has 8 nitrogen and oxygen atoms in total. The van der Waals surface area contributed by atoms with Crippen LogP contribution in [0.5, 0.6) is 0 Å². The van der Waals surface area contributed by atoms with E-state index in [0.717, 1.165) is 19.3 Å². The molecule has 1 unspecified atom stereocenters. The summed E-state index contributed by atoms with van der Waals surface area (Å²) in [7, 11) is 0. The predicted molar refractivity (Wildman–Crippen MR) is 117 cm³/mol. The molecule has 0 saturated carbocycles. The fourth-order valence-electron chi connectivity index (χ4n) is 3.65. The van der Waals surface area contributed by atoms with E-state index in [1.807, 2.05) is 0 Å². The quantitative estimate of drug-likeness (QED) is 0.225. The van der Waals surface area contributed by atoms with Crippen molar-refractivity contribution in [1.29, 1.82) is 0 Å². The lowest BCUT2D eigenvalue weighted by molar-refractivity contribution is -0.155. The first kappa shape index (κ1) is 26.9. The Balaban J connectivity index is 2.24. The minimum atomic E-state index is -0.948. The fraction of sp³-hybridized carbons (Fsp3) is 0.826. The van der Waals surface area contributed by atoms with E-state index in [0.29, 0.717) is 6.61 Å². The summed E-state index contributed by atoms with van der Waals surface area (Å²) in [5.41, 5.74) is 0. The summed E-state index contributed by atoms with van der Waals surface area (Å²) in [4.78, 5) is 49.6. The number of hydrogen-bond donors (Lipinski definition) is 1. The molecule has 0 aromatic heterocycles. The second kappa shape index (κ2) is 16.6. The summed E-state index contributed by atoms with van der Waals surface area (Å²) in [6.07, 6.45) is 11.3. The highest BCUT2D eigenvalue weighted by Crippen LogP contribution is 2.13. The lowest BCUT2D eigenvalue weighted by Gasteiger charge is -2.34. The standard InChI is InChI=1S/C23H40N2O6/c1-3-5-6-7-8-9-10-11-12-13-16-31-21(27)17-19-23(29)24-14-15-25(19)20(26)18-22(28)30-4-2/h19H,3-18H2,1-2H3,(H,24,29). The predicted octanol–water partition coefficient (Wildman–Crippen LogP) is 3.12. The molecule has 1 aliphatic heterocycles. The van der Waals surface area contributed by atoms with Gasteiger partial charge in [-0.2, -0.15) is 0 Å². The van der Waals surface area contributed by atoms with Gasteiger partial charge >= 0.3 is 11.9 Å². The molecule has 1 N–H and O–H groups in total. The average Bonchev–Trinajstić information content (AvgIpc) is 2.73. The molecule has 1 atom stereocenters. The molecule has 2 amide bonds. The molecule has 31 heavy (non-hydrogen) atoms. The number of nitrogens with one attached hydrogen (secondary N) is 1. The summed E-state index contributed by atoms with van der Waals surface area (Å²) in [6.45, 7) is 4.92. The molecular weight excluding hydrogens is 400 g/mol. The van der Waals surface area contributed by atoms with Crippen molar-refractivity contribution >= 4 is 23.8 Å². The highest BCUT2D eigenvalue weighted by Gasteiger charge is 2.35. The van der Waals surface area contributed by atoms with E-state index in [1.54, 1.807) is 6.92 Å². The Hall–Kier alpha value is -2.12. The Bertz CT molecular complexity index is 566. The van der Waals surface area contributed by atoms with Gasteiger partial charge in [0, 0.05) is 13.1 Å². The van der Waals surface area contributed by atoms with Crippen LogP contribution in [-0.2, 0) is 28.7 Å². The van der Waals surface area contributed by atoms with E-state index in [9.17, 15) is 19.2 Å². The molecule has 1 saturated heterocycles. The molecule has 0 aliphatic carbocycles. The van der Waals surface area contributed by atoms with Gasteiger partial charge in [0.15, 0.2) is 0 Å². The van der Waals surface area contributed by atoms with Gasteiger partial charge in [0.1, 0.15) is 12.5 Å². The minimum Gasteiger partial charge on any atom is -0.466 e. The van der Waals surface area contributed by atoms with Crippen LogP contribution >= 0.6 is 0 Å². The van der Waals surface area contributed by atoms with E-state index in [2.05, 4.69) is 12.2 Å². The Morgan fingerprint density at radius 1 is 0.903 bits per heavy atom. The van der Waals surface area contributed by atoms with Crippen LogP contribution in [0.1, 0.15) is 90.9 Å². The van der Waals surface area contributed by atoms with Gasteiger partial charge in [-0.3, -0.25) is 19.2 Å². The maximum atomic E-state index is 12.4. The van der Waals surface area contributed by atoms with Crippen LogP contribution in [0.4, 0.5) is 0 Å². The molecule has 8 heteroatoms. The van der Waals surface area contributed by atoms with Gasteiger partial charge in [-0.1, -0.05) is 64.7 Å². The van der Waals surface area contributed by atoms with E-state index in [1.165, 1.54) is 49.8 Å². The summed E-state index contributed by atoms with van der Waals surface area (Å²) in [5.74, 6) is -2.06. The molecular formula is C23H40N2O6. The molecule has 0 radical (unpaired) electrons. The van der Waals surface area contributed by atoms with Gasteiger partial charge in [0.05, 0.1) is 19.6 Å². The highest BCUT2D eigenvalue weighted by molar-refractivity contribution is 5.98. The third kappa shape index (κ3) is 11.7. The third-order valence-corrected chi connectivity index (χ3v) is 5.37. The number of ether oxygens (including phenoxy) is 2. The van der Waals surface area contributed by atoms with Crippen LogP contribution in [0.3, 0.4) is 0 Å². The van der Waals surface area contributed by atoms with Crippen LogP contribution in [0.15, 0.2) is 0 Å². The van der Waals surface area contributed by atoms with Gasteiger partial charge in [0.2, 0.25) is 11.8 Å². The normalized spacial score (nSPS) is 16.0. The average molecular weight is 441 g/mol. The van der Waals surface area contributed by atoms with E-state index in [4.69, 9.17) is 9.47 Å². The lowest BCUT2D eigenvalue weighted by Crippen LogP contribution is -2.58. The summed E-state index contributed by atoms with van der Waals surface area (Å²) < 4.78 is 10.1. The number of nitrogens with zero attached hydrogens (tertiary/aromatic N) is 1. The zero-order valence-corrected chi connectivity index (χ0v) is 19.3. The second-order valence-corrected chi connectivity index (χ2v) is 7.98. The van der Waals surface area contributed by atoms with E-state index in [-0.39, 0.29) is 26.1 Å². The van der Waals surface area contributed by atoms with Crippen LogP contribution in [-0.4, -0.2) is 61.0 Å². The zero-order chi connectivity index (χ0) is 22.9. The number of amides is 2. The van der Waals surface area contributed by atoms with Gasteiger partial charge in [0.25, 0.3) is 0 Å². The number of piperazine rings is 1. The number of rotatable bonds is 16. The summed E-state index contributed by atoms with van der Waals surface area (Å²) >= 11 is 0. The van der Waals surface area contributed by atoms with E-state index >= 15 is 0 Å². The second-order valence-electron chi connectivity index (χ2n) is 7.98. The Labute approximate surface area is 186 Å². The van der Waals surface area contributed by atoms with Gasteiger partial charge in [-0.15, -0.1) is 0 Å². The third-order valence-electron chi connectivity index (χ3n) is 5.37. The number of carbonyl (C=O) groups excluding carboxylic acids is 4. The van der Waals surface area contributed by atoms with Crippen molar-refractivity contribution in [1.82, 2.24) is 10.2 Å². The van der Waals surface area contributed by atoms with Crippen molar-refractivity contribution in [2.75, 3.05) is 26.3 Å². The minimum absolute atomic E-state index is 0.182. The largest absolute Gasteiger partial charge is 0.466 e. The maximum Gasteiger partial charge on any atom is 0.315 e. The van der Waals surface area contributed by atoms with Crippen LogP contribution in [0, 0.1) is 0 Å². The molecule has 0 aromatic rings. The van der Waals surface area contributed by atoms with Crippen molar-refractivity contribution in [3.63, 3.8) is 0 Å². The van der Waals surface area contributed by atoms with Crippen molar-refractivity contribution in [2.24, 2.45) is 0 Å². The number of unbranched alkanes of at least 4 members (excludes halogenated alkanes) is 9. The molecule has 1 aliphatic rings. The monoisotopic (exact) mass is 440 g/mol. The van der Waals surface area contributed by atoms with E-state index < -0.39 is 36.2 Å². The molecule has 1 rings (SSSR count). The van der Waals surface area contributed by atoms with Crippen molar-refractivity contribution < 1.29 is 28.7 Å². The Kier molecular flexibility index (Phi) is 14.4. The highest BCUT2D eigenvalue weighted by atomic mass is 16.5. The smallest absolute Gasteiger partial charge is 0.315 e. The Morgan fingerprint density at radius 3 is 2.13 bits per heavy atom. The SMILES string of the molecule is CCCCCCCCCCCCOC(=O)CC1C(=O)NCCN1C(=O)CC(=O)OCC. The number of hydrogen-bond acceptors (Lipinski definition) is 6. The molecule has 0 aromatic carbocycles. The fourth-order valence-corrected chi connectivity index (χ4v) is 3.65. The first-order valence-electron chi connectivity index (χ1n) is 11.9. The molecule has 1 heterocycles. The van der Waals surface area contributed by atoms with Gasteiger partial charge in [-0.05, 0) is 13.3 Å². The van der Waals surface area contributed by atoms with Crippen LogP contribution < -0.4 is 5.32 Å². The Morgan fingerprint density at radius 2 is 1.52 bits per heavy atom. The van der Waals surface area contributed by atoms with Crippen molar-refractivity contribution in [2.45, 2.75) is 96.9 Å². The van der Waals surface area contributed by atoms with Gasteiger partial charge < -0.3 is 19.7 Å². The number of carbonyl (C=O) groups is 4. The van der Waals surface area contributed by atoms with Gasteiger partial charge in [-0.25, -0.2) is 0 Å². The summed E-state index contributed by atoms with van der Waals surface area (Å²) in [5, 5.41) is 2.66. The molecule has 0 spiro atoms. The molecule has 178 valence electrons. The zero-order valence-electron chi connectivity index (χ0n) is 19.3. The maximum absolute atomic E-state index is 12.4. The lowest BCUT2D eigenvalue weighted by atomic mass is 10.1. The molecule has 0 bridgehead atoms. The van der Waals surface area contributed by atoms with Crippen LogP contribution in [0.2, 0.25) is 0 Å². The van der Waals surface area contributed by atoms with Crippen molar-refractivity contribution in [3.8, 4) is 0 Å². The van der Waals surface area contributed by atoms with Crippen molar-refractivity contribution in [3.05, 3.63) is 0 Å². The van der Waals surface area contributed by atoms with Crippen LogP contribution in [0.25, 0.3) is 0 Å². The first-order chi connectivity index (χ1) is 15.0. The summed E-state index contributed by atoms with van der Waals surface area (Å²) in [6, 6.07) is -0.948. The number of esters is 2. The topological polar surface area (TPSA) is 102 Å².